The lowest BCUT2D eigenvalue weighted by Gasteiger charge is -2.44. The molecule has 4 nitrogen and oxygen atoms in total. The van der Waals surface area contributed by atoms with Crippen LogP contribution in [0.5, 0.6) is 0 Å². The van der Waals surface area contributed by atoms with Gasteiger partial charge in [-0.25, -0.2) is 0 Å². The van der Waals surface area contributed by atoms with Crippen LogP contribution in [0, 0.1) is 11.8 Å². The topological polar surface area (TPSA) is 51.6 Å². The molecule has 0 bridgehead atoms. The minimum Gasteiger partial charge on any atom is -0.256 e. The SMILES string of the molecule is C1=CC2=C(c3ccccn3)C=C(c3ccccn3)C3=CC=C4C(c5ccccn5)=CC(c5ccccn5)=C1C4C32. The molecule has 4 aliphatic rings. The van der Waals surface area contributed by atoms with Crippen molar-refractivity contribution in [3.63, 3.8) is 0 Å². The smallest absolute Gasteiger partial charge is 0.0705 e. The van der Waals surface area contributed by atoms with Gasteiger partial charge in [-0.05, 0) is 83.0 Å². The third kappa shape index (κ3) is 3.53. The van der Waals surface area contributed by atoms with E-state index < -0.39 is 0 Å². The second-order valence-corrected chi connectivity index (χ2v) is 10.2. The van der Waals surface area contributed by atoms with Gasteiger partial charge in [-0.15, -0.1) is 0 Å². The Hall–Kier alpha value is -5.22. The molecule has 4 aromatic rings. The molecule has 4 aromatic heterocycles. The van der Waals surface area contributed by atoms with Gasteiger partial charge in [0.05, 0.1) is 22.8 Å². The quantitative estimate of drug-likeness (QED) is 0.287. The van der Waals surface area contributed by atoms with Crippen molar-refractivity contribution in [3.8, 4) is 0 Å². The molecule has 0 radical (unpaired) electrons. The highest BCUT2D eigenvalue weighted by Crippen LogP contribution is 2.58. The van der Waals surface area contributed by atoms with E-state index in [4.69, 9.17) is 19.9 Å². The predicted molar refractivity (Wildman–Crippen MR) is 159 cm³/mol. The van der Waals surface area contributed by atoms with E-state index in [9.17, 15) is 0 Å². The first kappa shape index (κ1) is 22.7. The van der Waals surface area contributed by atoms with Crippen molar-refractivity contribution in [2.75, 3.05) is 0 Å². The van der Waals surface area contributed by atoms with Crippen LogP contribution in [0.2, 0.25) is 0 Å². The van der Waals surface area contributed by atoms with Crippen LogP contribution in [0.15, 0.2) is 156 Å². The highest BCUT2D eigenvalue weighted by molar-refractivity contribution is 6.01. The average molecular weight is 513 g/mol. The largest absolute Gasteiger partial charge is 0.256 e. The molecular weight excluding hydrogens is 488 g/mol. The van der Waals surface area contributed by atoms with E-state index in [2.05, 4.69) is 85.0 Å². The molecule has 0 aliphatic heterocycles. The molecule has 188 valence electrons. The number of allylic oxidation sites excluding steroid dienone is 14. The van der Waals surface area contributed by atoms with Crippen LogP contribution in [0.25, 0.3) is 22.3 Å². The number of hydrogen-bond acceptors (Lipinski definition) is 4. The Balaban J connectivity index is 1.43. The summed E-state index contributed by atoms with van der Waals surface area (Å²) in [6, 6.07) is 24.5. The molecule has 4 aliphatic carbocycles. The van der Waals surface area contributed by atoms with Crippen molar-refractivity contribution in [2.45, 2.75) is 0 Å². The number of nitrogens with zero attached hydrogens (tertiary/aromatic N) is 4. The van der Waals surface area contributed by atoms with E-state index in [1.807, 2.05) is 49.1 Å². The number of rotatable bonds is 4. The summed E-state index contributed by atoms with van der Waals surface area (Å²) in [5.41, 5.74) is 13.6. The van der Waals surface area contributed by atoms with E-state index in [0.717, 1.165) is 45.1 Å². The van der Waals surface area contributed by atoms with Gasteiger partial charge in [0, 0.05) is 58.9 Å². The summed E-state index contributed by atoms with van der Waals surface area (Å²) in [7, 11) is 0. The van der Waals surface area contributed by atoms with Gasteiger partial charge >= 0.3 is 0 Å². The molecule has 0 spiro atoms. The lowest BCUT2D eigenvalue weighted by Crippen LogP contribution is -2.32. The van der Waals surface area contributed by atoms with Crippen molar-refractivity contribution in [1.82, 2.24) is 19.9 Å². The molecule has 0 amide bonds. The van der Waals surface area contributed by atoms with Crippen molar-refractivity contribution >= 4 is 22.3 Å². The predicted octanol–water partition coefficient (Wildman–Crippen LogP) is 7.34. The maximum Gasteiger partial charge on any atom is 0.0705 e. The van der Waals surface area contributed by atoms with Crippen LogP contribution in [0.1, 0.15) is 22.8 Å². The Bertz CT molecular complexity index is 1720. The summed E-state index contributed by atoms with van der Waals surface area (Å²) in [5, 5.41) is 0. The Morgan fingerprint density at radius 1 is 0.425 bits per heavy atom. The maximum absolute atomic E-state index is 4.78. The fourth-order valence-corrected chi connectivity index (χ4v) is 6.45. The molecule has 2 atom stereocenters. The Kier molecular flexibility index (Phi) is 5.23. The zero-order valence-corrected chi connectivity index (χ0v) is 21.6. The van der Waals surface area contributed by atoms with E-state index in [1.54, 1.807) is 0 Å². The van der Waals surface area contributed by atoms with E-state index in [-0.39, 0.29) is 11.8 Å². The summed E-state index contributed by atoms with van der Waals surface area (Å²) < 4.78 is 0. The summed E-state index contributed by atoms with van der Waals surface area (Å²) in [6.07, 6.45) is 21.2. The van der Waals surface area contributed by atoms with Crippen LogP contribution < -0.4 is 0 Å². The van der Waals surface area contributed by atoms with Gasteiger partial charge < -0.3 is 0 Å². The summed E-state index contributed by atoms with van der Waals surface area (Å²) in [4.78, 5) is 19.1. The fourth-order valence-electron chi connectivity index (χ4n) is 6.45. The minimum absolute atomic E-state index is 0.116. The average Bonchev–Trinajstić information content (AvgIpc) is 3.04. The van der Waals surface area contributed by atoms with E-state index >= 15 is 0 Å². The summed E-state index contributed by atoms with van der Waals surface area (Å²) in [6.45, 7) is 0. The van der Waals surface area contributed by atoms with Gasteiger partial charge in [0.25, 0.3) is 0 Å². The molecule has 8 rings (SSSR count). The lowest BCUT2D eigenvalue weighted by atomic mass is 9.59. The Morgan fingerprint density at radius 3 is 1.15 bits per heavy atom. The molecule has 2 unspecified atom stereocenters. The number of pyridine rings is 4. The van der Waals surface area contributed by atoms with Gasteiger partial charge in [0.15, 0.2) is 0 Å². The van der Waals surface area contributed by atoms with Crippen molar-refractivity contribution < 1.29 is 0 Å². The van der Waals surface area contributed by atoms with Gasteiger partial charge in [0.2, 0.25) is 0 Å². The van der Waals surface area contributed by atoms with Crippen molar-refractivity contribution in [1.29, 1.82) is 0 Å². The normalized spacial score (nSPS) is 20.8. The molecule has 0 saturated carbocycles. The van der Waals surface area contributed by atoms with Crippen LogP contribution in [-0.2, 0) is 0 Å². The number of aromatic nitrogens is 4. The molecule has 40 heavy (non-hydrogen) atoms. The molecular formula is C36H24N4. The number of hydrogen-bond donors (Lipinski definition) is 0. The van der Waals surface area contributed by atoms with E-state index in [1.165, 1.54) is 22.3 Å². The highest BCUT2D eigenvalue weighted by Gasteiger charge is 2.44. The summed E-state index contributed by atoms with van der Waals surface area (Å²) >= 11 is 0. The second-order valence-electron chi connectivity index (χ2n) is 10.2. The molecule has 4 heterocycles. The first-order valence-corrected chi connectivity index (χ1v) is 13.5. The monoisotopic (exact) mass is 512 g/mol. The summed E-state index contributed by atoms with van der Waals surface area (Å²) in [5.74, 6) is 0.232. The van der Waals surface area contributed by atoms with Crippen LogP contribution in [-0.4, -0.2) is 19.9 Å². The Morgan fingerprint density at radius 2 is 0.800 bits per heavy atom. The van der Waals surface area contributed by atoms with Gasteiger partial charge in [-0.3, -0.25) is 19.9 Å². The van der Waals surface area contributed by atoms with Gasteiger partial charge in [-0.1, -0.05) is 48.6 Å². The first-order chi connectivity index (χ1) is 19.9. The van der Waals surface area contributed by atoms with Gasteiger partial charge in [-0.2, -0.15) is 0 Å². The third-order valence-electron chi connectivity index (χ3n) is 8.14. The van der Waals surface area contributed by atoms with Crippen molar-refractivity contribution in [3.05, 3.63) is 179 Å². The second kappa shape index (κ2) is 9.21. The maximum atomic E-state index is 4.78. The lowest BCUT2D eigenvalue weighted by molar-refractivity contribution is 0.573. The molecule has 4 heteroatoms. The van der Waals surface area contributed by atoms with Crippen molar-refractivity contribution in [2.24, 2.45) is 11.8 Å². The fraction of sp³-hybridized carbons (Fsp3) is 0.0556. The Labute approximate surface area is 232 Å². The van der Waals surface area contributed by atoms with Crippen LogP contribution in [0.4, 0.5) is 0 Å². The first-order valence-electron chi connectivity index (χ1n) is 13.5. The molecule has 0 fully saturated rings. The van der Waals surface area contributed by atoms with E-state index in [0.29, 0.717) is 0 Å². The molecule has 0 N–H and O–H groups in total. The minimum atomic E-state index is 0.116. The molecule has 0 saturated heterocycles. The standard InChI is InChI=1S/C36H24N4/c1-5-17-37-31(9-1)27-21-28(32-10-2-6-18-38-32)24-15-16-26-30(34-12-4-8-20-40-34)22-29(33-11-3-7-19-39-33)25-14-13-23(27)35(24)36(25)26/h1-22,35-36H. The third-order valence-corrected chi connectivity index (χ3v) is 8.14. The van der Waals surface area contributed by atoms with Crippen LogP contribution in [0.3, 0.4) is 0 Å². The van der Waals surface area contributed by atoms with Gasteiger partial charge in [0.1, 0.15) is 0 Å². The zero-order valence-electron chi connectivity index (χ0n) is 21.6. The van der Waals surface area contributed by atoms with Crippen LogP contribution >= 0.6 is 0 Å². The molecule has 0 aromatic carbocycles. The zero-order chi connectivity index (χ0) is 26.5. The highest BCUT2D eigenvalue weighted by atomic mass is 14.7.